The molecule has 2 aromatic rings. The number of nitrogens with zero attached hydrogens (tertiary/aromatic N) is 1. The lowest BCUT2D eigenvalue weighted by Gasteiger charge is -2.02. The number of anilines is 1. The number of hydrogen-bond acceptors (Lipinski definition) is 3. The average Bonchev–Trinajstić information content (AvgIpc) is 2.76. The van der Waals surface area contributed by atoms with Gasteiger partial charge in [0.05, 0.1) is 5.69 Å². The van der Waals surface area contributed by atoms with Crippen molar-refractivity contribution in [1.29, 1.82) is 0 Å². The maximum atomic E-state index is 11.7. The normalized spacial score (nSPS) is 9.65. The van der Waals surface area contributed by atoms with Crippen LogP contribution >= 0.6 is 0 Å². The van der Waals surface area contributed by atoms with Crippen LogP contribution in [0.3, 0.4) is 0 Å². The smallest absolute Gasteiger partial charge is 0.294 e. The molecule has 1 amide bonds. The summed E-state index contributed by atoms with van der Waals surface area (Å²) in [6.07, 6.45) is 5.27. The van der Waals surface area contributed by atoms with Crippen molar-refractivity contribution in [2.24, 2.45) is 0 Å². The lowest BCUT2D eigenvalue weighted by atomic mass is 10.2. The molecule has 0 atom stereocenters. The Balaban J connectivity index is 2.16. The van der Waals surface area contributed by atoms with E-state index >= 15 is 0 Å². The third-order valence-electron chi connectivity index (χ3n) is 2.14. The van der Waals surface area contributed by atoms with Gasteiger partial charge in [-0.2, -0.15) is 0 Å². The number of amides is 1. The van der Waals surface area contributed by atoms with Gasteiger partial charge in [-0.1, -0.05) is 17.1 Å². The number of rotatable bonds is 2. The molecule has 1 aromatic heterocycles. The summed E-state index contributed by atoms with van der Waals surface area (Å²) in [5, 5.41) is 6.32. The molecule has 0 unspecified atom stereocenters. The number of carbonyl (C=O) groups is 1. The quantitative estimate of drug-likeness (QED) is 0.799. The second-order valence-electron chi connectivity index (χ2n) is 3.51. The van der Waals surface area contributed by atoms with Crippen LogP contribution in [0.25, 0.3) is 0 Å². The van der Waals surface area contributed by atoms with Crippen LogP contribution in [-0.2, 0) is 0 Å². The van der Waals surface area contributed by atoms with Crippen molar-refractivity contribution >= 4 is 11.6 Å². The van der Waals surface area contributed by atoms with E-state index in [9.17, 15) is 4.79 Å². The lowest BCUT2D eigenvalue weighted by Crippen LogP contribution is -2.10. The number of aryl methyl sites for hydroxylation is 1. The van der Waals surface area contributed by atoms with E-state index in [1.54, 1.807) is 37.3 Å². The summed E-state index contributed by atoms with van der Waals surface area (Å²) in [7, 11) is 0. The summed E-state index contributed by atoms with van der Waals surface area (Å²) in [6.45, 7) is 1.75. The summed E-state index contributed by atoms with van der Waals surface area (Å²) in [4.78, 5) is 11.7. The number of terminal acetylenes is 1. The van der Waals surface area contributed by atoms with E-state index in [-0.39, 0.29) is 11.7 Å². The Bertz CT molecular complexity index is 593. The Morgan fingerprint density at radius 1 is 1.47 bits per heavy atom. The van der Waals surface area contributed by atoms with E-state index < -0.39 is 0 Å². The Morgan fingerprint density at radius 3 is 2.94 bits per heavy atom. The largest absolute Gasteiger partial charge is 0.351 e. The SMILES string of the molecule is C#Cc1cccc(NC(=O)c2cc(C)no2)c1. The monoisotopic (exact) mass is 226 g/mol. The van der Waals surface area contributed by atoms with Crippen molar-refractivity contribution in [3.63, 3.8) is 0 Å². The van der Waals surface area contributed by atoms with E-state index in [2.05, 4.69) is 16.4 Å². The minimum Gasteiger partial charge on any atom is -0.351 e. The Labute approximate surface area is 98.6 Å². The summed E-state index contributed by atoms with van der Waals surface area (Å²) in [6, 6.07) is 8.59. The second-order valence-corrected chi connectivity index (χ2v) is 3.51. The zero-order valence-corrected chi connectivity index (χ0v) is 9.23. The van der Waals surface area contributed by atoms with Gasteiger partial charge in [-0.15, -0.1) is 6.42 Å². The molecule has 0 saturated heterocycles. The van der Waals surface area contributed by atoms with Gasteiger partial charge >= 0.3 is 0 Å². The fourth-order valence-electron chi connectivity index (χ4n) is 1.35. The molecule has 4 heteroatoms. The molecule has 1 N–H and O–H groups in total. The first-order valence-electron chi connectivity index (χ1n) is 5.00. The maximum Gasteiger partial charge on any atom is 0.294 e. The van der Waals surface area contributed by atoms with Crippen molar-refractivity contribution < 1.29 is 9.32 Å². The topological polar surface area (TPSA) is 55.1 Å². The van der Waals surface area contributed by atoms with Gasteiger partial charge in [-0.3, -0.25) is 4.79 Å². The highest BCUT2D eigenvalue weighted by Gasteiger charge is 2.11. The van der Waals surface area contributed by atoms with Crippen molar-refractivity contribution in [3.8, 4) is 12.3 Å². The minimum absolute atomic E-state index is 0.175. The van der Waals surface area contributed by atoms with Crippen molar-refractivity contribution in [1.82, 2.24) is 5.16 Å². The molecule has 17 heavy (non-hydrogen) atoms. The summed E-state index contributed by atoms with van der Waals surface area (Å²) >= 11 is 0. The fraction of sp³-hybridized carbons (Fsp3) is 0.0769. The zero-order chi connectivity index (χ0) is 12.3. The van der Waals surface area contributed by atoms with E-state index in [0.717, 1.165) is 0 Å². The van der Waals surface area contributed by atoms with Gasteiger partial charge in [-0.05, 0) is 25.1 Å². The molecule has 0 spiro atoms. The summed E-state index contributed by atoms with van der Waals surface area (Å²) in [5.74, 6) is 2.32. The third-order valence-corrected chi connectivity index (χ3v) is 2.14. The number of nitrogens with one attached hydrogen (secondary N) is 1. The Hall–Kier alpha value is -2.54. The van der Waals surface area contributed by atoms with Gasteiger partial charge in [0.15, 0.2) is 0 Å². The van der Waals surface area contributed by atoms with E-state index in [1.807, 2.05) is 0 Å². The van der Waals surface area contributed by atoms with Crippen LogP contribution in [0.5, 0.6) is 0 Å². The van der Waals surface area contributed by atoms with Crippen molar-refractivity contribution in [3.05, 3.63) is 47.3 Å². The zero-order valence-electron chi connectivity index (χ0n) is 9.23. The van der Waals surface area contributed by atoms with Crippen LogP contribution < -0.4 is 5.32 Å². The highest BCUT2D eigenvalue weighted by molar-refractivity contribution is 6.02. The number of benzene rings is 1. The molecule has 2 rings (SSSR count). The average molecular weight is 226 g/mol. The van der Waals surface area contributed by atoms with Crippen LogP contribution in [0.1, 0.15) is 21.8 Å². The predicted molar refractivity (Wildman–Crippen MR) is 63.6 cm³/mol. The molecule has 1 aromatic carbocycles. The van der Waals surface area contributed by atoms with Gasteiger partial charge in [0.2, 0.25) is 5.76 Å². The van der Waals surface area contributed by atoms with E-state index in [0.29, 0.717) is 16.9 Å². The van der Waals surface area contributed by atoms with Crippen LogP contribution in [0.2, 0.25) is 0 Å². The van der Waals surface area contributed by atoms with E-state index in [4.69, 9.17) is 10.9 Å². The van der Waals surface area contributed by atoms with Crippen molar-refractivity contribution in [2.45, 2.75) is 6.92 Å². The first-order valence-corrected chi connectivity index (χ1v) is 5.00. The standard InChI is InChI=1S/C13H10N2O2/c1-3-10-5-4-6-11(8-10)14-13(16)12-7-9(2)15-17-12/h1,4-8H,2H3,(H,14,16). The molecule has 1 heterocycles. The van der Waals surface area contributed by atoms with Gasteiger partial charge in [0.25, 0.3) is 5.91 Å². The number of aromatic nitrogens is 1. The molecular formula is C13H10N2O2. The molecule has 0 aliphatic carbocycles. The highest BCUT2D eigenvalue weighted by Crippen LogP contribution is 2.12. The van der Waals surface area contributed by atoms with Crippen molar-refractivity contribution in [2.75, 3.05) is 5.32 Å². The lowest BCUT2D eigenvalue weighted by molar-refractivity contribution is 0.0988. The maximum absolute atomic E-state index is 11.7. The fourth-order valence-corrected chi connectivity index (χ4v) is 1.35. The van der Waals surface area contributed by atoms with Gasteiger partial charge in [0.1, 0.15) is 0 Å². The molecular weight excluding hydrogens is 216 g/mol. The summed E-state index contributed by atoms with van der Waals surface area (Å²) in [5.41, 5.74) is 1.99. The third kappa shape index (κ3) is 2.52. The second kappa shape index (κ2) is 4.54. The van der Waals surface area contributed by atoms with Gasteiger partial charge < -0.3 is 9.84 Å². The van der Waals surface area contributed by atoms with Crippen LogP contribution in [-0.4, -0.2) is 11.1 Å². The first kappa shape index (κ1) is 11.0. The molecule has 0 fully saturated rings. The van der Waals surface area contributed by atoms with Crippen LogP contribution in [0.15, 0.2) is 34.9 Å². The Kier molecular flexibility index (Phi) is 2.93. The predicted octanol–water partition coefficient (Wildman–Crippen LogP) is 2.22. The van der Waals surface area contributed by atoms with Crippen LogP contribution in [0.4, 0.5) is 5.69 Å². The number of hydrogen-bond donors (Lipinski definition) is 1. The molecule has 0 aliphatic rings. The molecule has 0 aliphatic heterocycles. The molecule has 0 radical (unpaired) electrons. The number of carbonyl (C=O) groups excluding carboxylic acids is 1. The molecule has 0 bridgehead atoms. The summed E-state index contributed by atoms with van der Waals surface area (Å²) < 4.78 is 4.85. The Morgan fingerprint density at radius 2 is 2.29 bits per heavy atom. The van der Waals surface area contributed by atoms with E-state index in [1.165, 1.54) is 0 Å². The van der Waals surface area contributed by atoms with Crippen LogP contribution in [0, 0.1) is 19.3 Å². The van der Waals surface area contributed by atoms with Gasteiger partial charge in [0, 0.05) is 17.3 Å². The molecule has 4 nitrogen and oxygen atoms in total. The minimum atomic E-state index is -0.347. The van der Waals surface area contributed by atoms with Gasteiger partial charge in [-0.25, -0.2) is 0 Å². The first-order chi connectivity index (χ1) is 8.19. The highest BCUT2D eigenvalue weighted by atomic mass is 16.5. The molecule has 0 saturated carbocycles. The molecule has 84 valence electrons.